The van der Waals surface area contributed by atoms with Gasteiger partial charge >= 0.3 is 0 Å². The van der Waals surface area contributed by atoms with Crippen molar-refractivity contribution in [3.8, 4) is 0 Å². The summed E-state index contributed by atoms with van der Waals surface area (Å²) in [4.78, 5) is 29.4. The molecule has 0 saturated carbocycles. The molecule has 0 spiro atoms. The summed E-state index contributed by atoms with van der Waals surface area (Å²) in [6.07, 6.45) is 12.5. The zero-order chi connectivity index (χ0) is 24.4. The lowest BCUT2D eigenvalue weighted by Gasteiger charge is -2.28. The van der Waals surface area contributed by atoms with Gasteiger partial charge in [0.2, 0.25) is 22.3 Å². The second-order valence-electron chi connectivity index (χ2n) is 7.65. The van der Waals surface area contributed by atoms with Gasteiger partial charge in [-0.2, -0.15) is 0 Å². The molecule has 0 radical (unpaired) electrons. The molecular formula is C22H33N5O4S2. The third-order valence-corrected chi connectivity index (χ3v) is 9.13. The number of sulfonamides is 1. The normalized spacial score (nSPS) is 19.7. The van der Waals surface area contributed by atoms with Crippen LogP contribution in [0.15, 0.2) is 50.5 Å². The predicted octanol–water partition coefficient (Wildman–Crippen LogP) is 1.73. The second kappa shape index (κ2) is 12.8. The highest BCUT2D eigenvalue weighted by Crippen LogP contribution is 2.35. The number of hydrogen-bond acceptors (Lipinski definition) is 7. The number of nitrogens with zero attached hydrogens (tertiary/aromatic N) is 3. The van der Waals surface area contributed by atoms with E-state index in [2.05, 4.69) is 10.3 Å². The number of nitrogens with one attached hydrogen (secondary N) is 1. The lowest BCUT2D eigenvalue weighted by molar-refractivity contribution is -0.118. The van der Waals surface area contributed by atoms with Gasteiger partial charge in [-0.15, -0.1) is 11.8 Å². The van der Waals surface area contributed by atoms with Gasteiger partial charge in [-0.25, -0.2) is 12.7 Å². The van der Waals surface area contributed by atoms with Crippen molar-refractivity contribution in [2.24, 2.45) is 10.7 Å². The molecular weight excluding hydrogens is 462 g/mol. The minimum Gasteiger partial charge on any atom is -0.404 e. The van der Waals surface area contributed by atoms with Crippen LogP contribution < -0.4 is 11.1 Å². The smallest absolute Gasteiger partial charge is 0.248 e. The Morgan fingerprint density at radius 3 is 2.70 bits per heavy atom. The Kier molecular flexibility index (Phi) is 10.4. The Balaban J connectivity index is 2.04. The third kappa shape index (κ3) is 6.81. The minimum absolute atomic E-state index is 0.167. The summed E-state index contributed by atoms with van der Waals surface area (Å²) in [5.41, 5.74) is 7.76. The fourth-order valence-electron chi connectivity index (χ4n) is 3.72. The monoisotopic (exact) mass is 495 g/mol. The molecule has 1 atom stereocenters. The van der Waals surface area contributed by atoms with Crippen LogP contribution in [-0.2, 0) is 19.6 Å². The Morgan fingerprint density at radius 2 is 2.06 bits per heavy atom. The summed E-state index contributed by atoms with van der Waals surface area (Å²) >= 11 is 1.20. The van der Waals surface area contributed by atoms with Crippen molar-refractivity contribution in [2.75, 3.05) is 34.2 Å². The minimum atomic E-state index is -3.70. The Hall–Kier alpha value is -2.37. The van der Waals surface area contributed by atoms with Crippen LogP contribution in [0.3, 0.4) is 0 Å². The molecule has 2 amide bonds. The number of carbonyl (C=O) groups excluding carboxylic acids is 2. The van der Waals surface area contributed by atoms with Crippen molar-refractivity contribution in [3.63, 3.8) is 0 Å². The first kappa shape index (κ1) is 26.9. The van der Waals surface area contributed by atoms with E-state index in [-0.39, 0.29) is 21.9 Å². The van der Waals surface area contributed by atoms with Crippen molar-refractivity contribution < 1.29 is 18.0 Å². The van der Waals surface area contributed by atoms with E-state index < -0.39 is 10.0 Å². The number of rotatable bonds is 11. The molecule has 33 heavy (non-hydrogen) atoms. The molecule has 0 aromatic carbocycles. The van der Waals surface area contributed by atoms with Crippen molar-refractivity contribution >= 4 is 40.3 Å². The maximum absolute atomic E-state index is 13.1. The number of nitrogens with two attached hydrogens (primary N) is 1. The largest absolute Gasteiger partial charge is 0.404 e. The number of amides is 2. The number of hydrogen-bond donors (Lipinski definition) is 2. The Bertz CT molecular complexity index is 983. The second-order valence-corrected chi connectivity index (χ2v) is 11.1. The van der Waals surface area contributed by atoms with Gasteiger partial charge in [0.05, 0.1) is 5.25 Å². The summed E-state index contributed by atoms with van der Waals surface area (Å²) < 4.78 is 27.7. The summed E-state index contributed by atoms with van der Waals surface area (Å²) in [5.74, 6) is -0.167. The third-order valence-electron chi connectivity index (χ3n) is 5.51. The van der Waals surface area contributed by atoms with E-state index in [1.165, 1.54) is 29.3 Å². The average Bonchev–Trinajstić information content (AvgIpc) is 2.84. The fourth-order valence-corrected chi connectivity index (χ4v) is 6.67. The van der Waals surface area contributed by atoms with Crippen LogP contribution >= 0.6 is 11.8 Å². The zero-order valence-corrected chi connectivity index (χ0v) is 21.0. The van der Waals surface area contributed by atoms with E-state index in [1.54, 1.807) is 37.4 Å². The molecule has 0 fully saturated rings. The van der Waals surface area contributed by atoms with E-state index in [1.807, 2.05) is 6.08 Å². The first-order valence-electron chi connectivity index (χ1n) is 10.8. The summed E-state index contributed by atoms with van der Waals surface area (Å²) in [6.45, 7) is 0.568. The summed E-state index contributed by atoms with van der Waals surface area (Å²) in [7, 11) is 1.03. The SMILES string of the molecule is CN=C/C(=C\N)C1C=CC=C(S(=O)(=O)N(C)CCCN(C=O)C2=C(C(=O)NC)CCCC2)S1. The van der Waals surface area contributed by atoms with Gasteiger partial charge in [-0.3, -0.25) is 14.6 Å². The van der Waals surface area contributed by atoms with Crippen LogP contribution in [0, 0.1) is 0 Å². The summed E-state index contributed by atoms with van der Waals surface area (Å²) in [5, 5.41) is 2.39. The van der Waals surface area contributed by atoms with Gasteiger partial charge < -0.3 is 16.0 Å². The lowest BCUT2D eigenvalue weighted by Crippen LogP contribution is -2.34. The van der Waals surface area contributed by atoms with Crippen LogP contribution in [0.2, 0.25) is 0 Å². The van der Waals surface area contributed by atoms with Crippen LogP contribution in [0.1, 0.15) is 32.1 Å². The molecule has 1 aliphatic heterocycles. The molecule has 2 rings (SSSR count). The molecule has 0 saturated heterocycles. The number of thioether (sulfide) groups is 1. The van der Waals surface area contributed by atoms with E-state index in [9.17, 15) is 18.0 Å². The highest BCUT2D eigenvalue weighted by Gasteiger charge is 2.29. The Morgan fingerprint density at radius 1 is 1.33 bits per heavy atom. The Labute approximate surface area is 200 Å². The molecule has 9 nitrogen and oxygen atoms in total. The number of allylic oxidation sites excluding steroid dienone is 3. The van der Waals surface area contributed by atoms with E-state index >= 15 is 0 Å². The number of aliphatic imine (C=N–C) groups is 1. The number of likely N-dealkylation sites (N-methyl/N-ethyl adjacent to an activating group) is 1. The molecule has 1 unspecified atom stereocenters. The van der Waals surface area contributed by atoms with E-state index in [0.717, 1.165) is 30.5 Å². The van der Waals surface area contributed by atoms with Crippen molar-refractivity contribution in [1.29, 1.82) is 0 Å². The van der Waals surface area contributed by atoms with Gasteiger partial charge in [-0.1, -0.05) is 12.2 Å². The molecule has 182 valence electrons. The van der Waals surface area contributed by atoms with Crippen LogP contribution in [0.5, 0.6) is 0 Å². The molecule has 11 heteroatoms. The summed E-state index contributed by atoms with van der Waals surface area (Å²) in [6, 6.07) is 0. The van der Waals surface area contributed by atoms with Crippen LogP contribution in [0.4, 0.5) is 0 Å². The molecule has 1 aliphatic carbocycles. The van der Waals surface area contributed by atoms with Gasteiger partial charge in [-0.05, 0) is 38.2 Å². The van der Waals surface area contributed by atoms with Gasteiger partial charge in [0.1, 0.15) is 4.24 Å². The van der Waals surface area contributed by atoms with Gasteiger partial charge in [0, 0.05) is 63.5 Å². The topological polar surface area (TPSA) is 125 Å². The van der Waals surface area contributed by atoms with Crippen LogP contribution in [0.25, 0.3) is 0 Å². The maximum Gasteiger partial charge on any atom is 0.248 e. The fraction of sp³-hybridized carbons (Fsp3) is 0.500. The maximum atomic E-state index is 13.1. The van der Waals surface area contributed by atoms with Crippen molar-refractivity contribution in [3.05, 3.63) is 45.5 Å². The van der Waals surface area contributed by atoms with Crippen molar-refractivity contribution in [1.82, 2.24) is 14.5 Å². The van der Waals surface area contributed by atoms with Crippen LogP contribution in [-0.4, -0.2) is 75.6 Å². The standard InChI is InChI=1S/C22H33N5O4S2/c1-24-15-17(14-23)20-10-6-11-21(32-20)33(30,31)26(3)12-7-13-27(16-28)19-9-5-4-8-18(19)22(29)25-2/h6,10-11,14-16,20H,4-5,7-9,12-13,23H2,1-3H3,(H,25,29)/b17-14+,24-15?. The number of carbonyl (C=O) groups is 2. The lowest BCUT2D eigenvalue weighted by atomic mass is 9.94. The molecule has 0 aromatic heterocycles. The van der Waals surface area contributed by atoms with E-state index in [4.69, 9.17) is 5.73 Å². The molecule has 3 N–H and O–H groups in total. The van der Waals surface area contributed by atoms with Crippen molar-refractivity contribution in [2.45, 2.75) is 37.4 Å². The molecule has 2 aliphatic rings. The predicted molar refractivity (Wildman–Crippen MR) is 134 cm³/mol. The highest BCUT2D eigenvalue weighted by atomic mass is 32.3. The van der Waals surface area contributed by atoms with Gasteiger partial charge in [0.25, 0.3) is 0 Å². The molecule has 0 aromatic rings. The van der Waals surface area contributed by atoms with E-state index in [0.29, 0.717) is 31.4 Å². The quantitative estimate of drug-likeness (QED) is 0.332. The first-order valence-corrected chi connectivity index (χ1v) is 13.1. The first-order chi connectivity index (χ1) is 15.8. The molecule has 0 bridgehead atoms. The van der Waals surface area contributed by atoms with Gasteiger partial charge in [0.15, 0.2) is 0 Å². The molecule has 1 heterocycles. The highest BCUT2D eigenvalue weighted by molar-refractivity contribution is 8.18. The average molecular weight is 496 g/mol. The zero-order valence-electron chi connectivity index (χ0n) is 19.4.